The Morgan fingerprint density at radius 2 is 2.35 bits per heavy atom. The van der Waals surface area contributed by atoms with Crippen LogP contribution >= 0.6 is 0 Å². The van der Waals surface area contributed by atoms with Gasteiger partial charge in [-0.1, -0.05) is 5.16 Å². The molecule has 0 aliphatic heterocycles. The van der Waals surface area contributed by atoms with Gasteiger partial charge in [0.2, 0.25) is 6.39 Å². The van der Waals surface area contributed by atoms with Crippen molar-refractivity contribution in [3.63, 3.8) is 0 Å². The number of hydrogen-bond acceptors (Lipinski definition) is 7. The van der Waals surface area contributed by atoms with Crippen LogP contribution in [-0.2, 0) is 16.0 Å². The second-order valence-electron chi connectivity index (χ2n) is 3.73. The number of nitrogens with zero attached hydrogens (tertiary/aromatic N) is 2. The first-order valence-electron chi connectivity index (χ1n) is 5.47. The zero-order chi connectivity index (χ0) is 12.5. The minimum absolute atomic E-state index is 0.0214. The topological polar surface area (TPSA) is 89.6 Å². The zero-order valence-electron chi connectivity index (χ0n) is 10.1. The third kappa shape index (κ3) is 6.32. The lowest BCUT2D eigenvalue weighted by Gasteiger charge is -2.15. The third-order valence-electron chi connectivity index (χ3n) is 2.04. The van der Waals surface area contributed by atoms with E-state index >= 15 is 0 Å². The Bertz CT molecular complexity index is 281. The summed E-state index contributed by atoms with van der Waals surface area (Å²) in [5.41, 5.74) is 0. The van der Waals surface area contributed by atoms with Gasteiger partial charge in [-0.05, 0) is 6.92 Å². The maximum Gasteiger partial charge on any atom is 0.213 e. The summed E-state index contributed by atoms with van der Waals surface area (Å²) < 4.78 is 14.9. The molecule has 0 aliphatic carbocycles. The van der Waals surface area contributed by atoms with Crippen LogP contribution in [0.25, 0.3) is 0 Å². The molecule has 7 nitrogen and oxygen atoms in total. The summed E-state index contributed by atoms with van der Waals surface area (Å²) in [6.07, 6.45) is 0.677. The number of aromatic nitrogens is 2. The summed E-state index contributed by atoms with van der Waals surface area (Å²) in [6, 6.07) is 0. The Hall–Kier alpha value is -1.02. The van der Waals surface area contributed by atoms with Gasteiger partial charge >= 0.3 is 0 Å². The number of aliphatic hydroxyl groups is 1. The minimum atomic E-state index is -0.568. The Morgan fingerprint density at radius 3 is 3.00 bits per heavy atom. The number of rotatable bonds is 9. The van der Waals surface area contributed by atoms with Gasteiger partial charge in [-0.15, -0.1) is 0 Å². The summed E-state index contributed by atoms with van der Waals surface area (Å²) in [5, 5.41) is 16.2. The molecule has 0 aromatic carbocycles. The van der Waals surface area contributed by atoms with E-state index in [4.69, 9.17) is 9.47 Å². The molecule has 1 aromatic heterocycles. The molecule has 0 saturated heterocycles. The van der Waals surface area contributed by atoms with E-state index in [-0.39, 0.29) is 12.7 Å². The van der Waals surface area contributed by atoms with Crippen LogP contribution in [0.15, 0.2) is 10.9 Å². The average Bonchev–Trinajstić information content (AvgIpc) is 2.80. The maximum atomic E-state index is 9.60. The smallest absolute Gasteiger partial charge is 0.213 e. The van der Waals surface area contributed by atoms with Crippen molar-refractivity contribution >= 4 is 0 Å². The Morgan fingerprint density at radius 1 is 1.53 bits per heavy atom. The molecule has 1 rings (SSSR count). The number of nitrogens with one attached hydrogen (secondary N) is 1. The van der Waals surface area contributed by atoms with Gasteiger partial charge in [-0.2, -0.15) is 4.98 Å². The first kappa shape index (κ1) is 14.0. The lowest BCUT2D eigenvalue weighted by atomic mass is 10.3. The molecule has 0 fully saturated rings. The first-order valence-corrected chi connectivity index (χ1v) is 5.47. The summed E-state index contributed by atoms with van der Waals surface area (Å²) >= 11 is 0. The highest BCUT2D eigenvalue weighted by atomic mass is 16.5. The maximum absolute atomic E-state index is 9.60. The molecule has 0 aliphatic rings. The molecule has 2 atom stereocenters. The standard InChI is InChI=1S/C10H19N3O4/c1-8(5-15-2)16-6-9(14)3-11-4-10-12-7-17-13-10/h7-9,11,14H,3-6H2,1-2H3. The van der Waals surface area contributed by atoms with Gasteiger partial charge < -0.3 is 24.4 Å². The third-order valence-corrected chi connectivity index (χ3v) is 2.04. The fraction of sp³-hybridized carbons (Fsp3) is 0.800. The number of methoxy groups -OCH3 is 1. The number of ether oxygens (including phenoxy) is 2. The van der Waals surface area contributed by atoms with Crippen molar-refractivity contribution in [2.45, 2.75) is 25.7 Å². The highest BCUT2D eigenvalue weighted by Gasteiger charge is 2.08. The SMILES string of the molecule is COCC(C)OCC(O)CNCc1ncon1. The molecule has 2 unspecified atom stereocenters. The van der Waals surface area contributed by atoms with Crippen molar-refractivity contribution < 1.29 is 19.1 Å². The van der Waals surface area contributed by atoms with Crippen molar-refractivity contribution in [3.05, 3.63) is 12.2 Å². The van der Waals surface area contributed by atoms with Crippen molar-refractivity contribution in [1.29, 1.82) is 0 Å². The molecular weight excluding hydrogens is 226 g/mol. The van der Waals surface area contributed by atoms with Gasteiger partial charge in [-0.25, -0.2) is 0 Å². The van der Waals surface area contributed by atoms with E-state index in [1.807, 2.05) is 6.92 Å². The average molecular weight is 245 g/mol. The molecule has 98 valence electrons. The predicted molar refractivity (Wildman–Crippen MR) is 59.3 cm³/mol. The monoisotopic (exact) mass is 245 g/mol. The molecule has 0 radical (unpaired) electrons. The van der Waals surface area contributed by atoms with Crippen molar-refractivity contribution in [1.82, 2.24) is 15.5 Å². The number of hydrogen-bond donors (Lipinski definition) is 2. The molecule has 0 amide bonds. The highest BCUT2D eigenvalue weighted by molar-refractivity contribution is 4.76. The Kier molecular flexibility index (Phi) is 6.71. The molecular formula is C10H19N3O4. The summed E-state index contributed by atoms with van der Waals surface area (Å²) in [4.78, 5) is 3.84. The number of aliphatic hydroxyl groups excluding tert-OH is 1. The molecule has 0 saturated carbocycles. The predicted octanol–water partition coefficient (Wildman–Crippen LogP) is -0.428. The van der Waals surface area contributed by atoms with Gasteiger partial charge in [0.1, 0.15) is 0 Å². The quantitative estimate of drug-likeness (QED) is 0.610. The molecule has 7 heteroatoms. The van der Waals surface area contributed by atoms with Crippen LogP contribution in [0.2, 0.25) is 0 Å². The van der Waals surface area contributed by atoms with Crippen molar-refractivity contribution in [2.24, 2.45) is 0 Å². The van der Waals surface area contributed by atoms with Crippen LogP contribution in [0.1, 0.15) is 12.7 Å². The second-order valence-corrected chi connectivity index (χ2v) is 3.73. The highest BCUT2D eigenvalue weighted by Crippen LogP contribution is 1.94. The van der Waals surface area contributed by atoms with E-state index in [2.05, 4.69) is 20.0 Å². The molecule has 1 heterocycles. The zero-order valence-corrected chi connectivity index (χ0v) is 10.1. The first-order chi connectivity index (χ1) is 8.22. The Labute approximate surface area is 100 Å². The van der Waals surface area contributed by atoms with E-state index in [1.165, 1.54) is 6.39 Å². The molecule has 0 spiro atoms. The Balaban J connectivity index is 2.03. The fourth-order valence-corrected chi connectivity index (χ4v) is 1.24. The molecule has 1 aromatic rings. The van der Waals surface area contributed by atoms with Crippen molar-refractivity contribution in [3.8, 4) is 0 Å². The van der Waals surface area contributed by atoms with Crippen LogP contribution in [0, 0.1) is 0 Å². The normalized spacial score (nSPS) is 14.8. The van der Waals surface area contributed by atoms with Gasteiger partial charge in [0.15, 0.2) is 5.82 Å². The van der Waals surface area contributed by atoms with E-state index < -0.39 is 6.10 Å². The van der Waals surface area contributed by atoms with Gasteiger partial charge in [0.05, 0.1) is 32.0 Å². The van der Waals surface area contributed by atoms with Gasteiger partial charge in [0.25, 0.3) is 0 Å². The van der Waals surface area contributed by atoms with Crippen LogP contribution in [0.5, 0.6) is 0 Å². The van der Waals surface area contributed by atoms with Crippen LogP contribution < -0.4 is 5.32 Å². The lowest BCUT2D eigenvalue weighted by Crippen LogP contribution is -2.32. The van der Waals surface area contributed by atoms with Crippen LogP contribution in [0.3, 0.4) is 0 Å². The minimum Gasteiger partial charge on any atom is -0.389 e. The van der Waals surface area contributed by atoms with Crippen LogP contribution in [0.4, 0.5) is 0 Å². The molecule has 17 heavy (non-hydrogen) atoms. The second kappa shape index (κ2) is 8.13. The summed E-state index contributed by atoms with van der Waals surface area (Å²) in [5.74, 6) is 0.561. The largest absolute Gasteiger partial charge is 0.389 e. The lowest BCUT2D eigenvalue weighted by molar-refractivity contribution is -0.0311. The fourth-order valence-electron chi connectivity index (χ4n) is 1.24. The van der Waals surface area contributed by atoms with Gasteiger partial charge in [0, 0.05) is 13.7 Å². The van der Waals surface area contributed by atoms with Crippen molar-refractivity contribution in [2.75, 3.05) is 26.9 Å². The van der Waals surface area contributed by atoms with E-state index in [1.54, 1.807) is 7.11 Å². The molecule has 0 bridgehead atoms. The molecule has 2 N–H and O–H groups in total. The van der Waals surface area contributed by atoms with E-state index in [0.717, 1.165) is 0 Å². The van der Waals surface area contributed by atoms with E-state index in [9.17, 15) is 5.11 Å². The summed E-state index contributed by atoms with van der Waals surface area (Å²) in [6.45, 7) is 3.55. The van der Waals surface area contributed by atoms with E-state index in [0.29, 0.717) is 25.5 Å². The van der Waals surface area contributed by atoms with Gasteiger partial charge in [-0.3, -0.25) is 0 Å². The summed E-state index contributed by atoms with van der Waals surface area (Å²) in [7, 11) is 1.61. The van der Waals surface area contributed by atoms with Crippen LogP contribution in [-0.4, -0.2) is 54.3 Å².